The fourth-order valence-electron chi connectivity index (χ4n) is 2.52. The number of piperidine rings is 1. The number of carbonyl (C=O) groups is 1. The molecule has 21 heavy (non-hydrogen) atoms. The van der Waals surface area contributed by atoms with Crippen LogP contribution >= 0.6 is 0 Å². The standard InChI is InChI=1S/C15H21N3O3/c1-2-21-13-4-3-9-18(10-13)15(19)12-7-5-11(6-8-12)14(16)17-20/h5-8,13,20H,2-4,9-10H2,1H3,(H2,16,17). The van der Waals surface area contributed by atoms with Crippen molar-refractivity contribution in [3.8, 4) is 0 Å². The number of oxime groups is 1. The molecule has 6 heteroatoms. The van der Waals surface area contributed by atoms with E-state index in [0.29, 0.717) is 24.3 Å². The second kappa shape index (κ2) is 7.08. The van der Waals surface area contributed by atoms with Crippen molar-refractivity contribution >= 4 is 11.7 Å². The van der Waals surface area contributed by atoms with Gasteiger partial charge in [-0.15, -0.1) is 0 Å². The van der Waals surface area contributed by atoms with Crippen molar-refractivity contribution in [2.24, 2.45) is 10.9 Å². The summed E-state index contributed by atoms with van der Waals surface area (Å²) in [5, 5.41) is 11.6. The third-order valence-electron chi connectivity index (χ3n) is 3.60. The van der Waals surface area contributed by atoms with E-state index >= 15 is 0 Å². The average Bonchev–Trinajstić information content (AvgIpc) is 2.54. The molecular formula is C15H21N3O3. The van der Waals surface area contributed by atoms with Crippen molar-refractivity contribution in [1.82, 2.24) is 4.90 Å². The predicted molar refractivity (Wildman–Crippen MR) is 79.5 cm³/mol. The summed E-state index contributed by atoms with van der Waals surface area (Å²) in [6, 6.07) is 6.73. The zero-order valence-electron chi connectivity index (χ0n) is 12.2. The number of rotatable bonds is 4. The van der Waals surface area contributed by atoms with Crippen LogP contribution in [-0.4, -0.2) is 47.7 Å². The number of carbonyl (C=O) groups excluding carboxylic acids is 1. The van der Waals surface area contributed by atoms with Gasteiger partial charge >= 0.3 is 0 Å². The molecule has 2 rings (SSSR count). The van der Waals surface area contributed by atoms with E-state index in [4.69, 9.17) is 15.7 Å². The normalized spacial score (nSPS) is 19.6. The van der Waals surface area contributed by atoms with E-state index in [1.165, 1.54) is 0 Å². The van der Waals surface area contributed by atoms with Crippen LogP contribution in [0, 0.1) is 0 Å². The molecule has 1 aromatic carbocycles. The minimum Gasteiger partial charge on any atom is -0.409 e. The molecule has 1 unspecified atom stereocenters. The lowest BCUT2D eigenvalue weighted by Crippen LogP contribution is -2.43. The van der Waals surface area contributed by atoms with Gasteiger partial charge in [-0.1, -0.05) is 17.3 Å². The summed E-state index contributed by atoms with van der Waals surface area (Å²) in [4.78, 5) is 14.3. The van der Waals surface area contributed by atoms with E-state index in [0.717, 1.165) is 19.4 Å². The molecule has 1 aliphatic heterocycles. The zero-order valence-corrected chi connectivity index (χ0v) is 12.2. The Balaban J connectivity index is 2.05. The summed E-state index contributed by atoms with van der Waals surface area (Å²) in [6.45, 7) is 4.02. The molecule has 1 saturated heterocycles. The first-order chi connectivity index (χ1) is 10.2. The lowest BCUT2D eigenvalue weighted by molar-refractivity contribution is 0.00724. The number of amides is 1. The van der Waals surface area contributed by atoms with Crippen molar-refractivity contribution in [2.45, 2.75) is 25.9 Å². The largest absolute Gasteiger partial charge is 0.409 e. The van der Waals surface area contributed by atoms with Gasteiger partial charge in [-0.05, 0) is 31.9 Å². The van der Waals surface area contributed by atoms with Crippen molar-refractivity contribution in [3.05, 3.63) is 35.4 Å². The smallest absolute Gasteiger partial charge is 0.253 e. The molecule has 0 spiro atoms. The molecule has 1 amide bonds. The van der Waals surface area contributed by atoms with E-state index in [1.54, 1.807) is 24.3 Å². The number of likely N-dealkylation sites (tertiary alicyclic amines) is 1. The Kier molecular flexibility index (Phi) is 5.16. The molecule has 0 saturated carbocycles. The van der Waals surface area contributed by atoms with Crippen LogP contribution in [0.1, 0.15) is 35.7 Å². The third-order valence-corrected chi connectivity index (χ3v) is 3.60. The first-order valence-corrected chi connectivity index (χ1v) is 7.14. The van der Waals surface area contributed by atoms with Crippen LogP contribution in [0.5, 0.6) is 0 Å². The predicted octanol–water partition coefficient (Wildman–Crippen LogP) is 1.42. The van der Waals surface area contributed by atoms with Crippen LogP contribution in [0.15, 0.2) is 29.4 Å². The van der Waals surface area contributed by atoms with Gasteiger partial charge in [0.05, 0.1) is 6.10 Å². The van der Waals surface area contributed by atoms with Gasteiger partial charge < -0.3 is 20.6 Å². The molecule has 114 valence electrons. The van der Waals surface area contributed by atoms with E-state index in [-0.39, 0.29) is 17.8 Å². The van der Waals surface area contributed by atoms with E-state index < -0.39 is 0 Å². The number of amidine groups is 1. The Morgan fingerprint density at radius 2 is 2.10 bits per heavy atom. The highest BCUT2D eigenvalue weighted by Crippen LogP contribution is 2.16. The summed E-state index contributed by atoms with van der Waals surface area (Å²) >= 11 is 0. The first kappa shape index (κ1) is 15.3. The molecule has 1 aromatic rings. The molecule has 3 N–H and O–H groups in total. The molecule has 6 nitrogen and oxygen atoms in total. The zero-order chi connectivity index (χ0) is 15.2. The van der Waals surface area contributed by atoms with E-state index in [2.05, 4.69) is 5.16 Å². The van der Waals surface area contributed by atoms with Crippen molar-refractivity contribution in [1.29, 1.82) is 0 Å². The summed E-state index contributed by atoms with van der Waals surface area (Å²) in [7, 11) is 0. The van der Waals surface area contributed by atoms with Gasteiger partial charge in [0, 0.05) is 30.8 Å². The minimum absolute atomic E-state index is 0.00883. The maximum absolute atomic E-state index is 12.5. The lowest BCUT2D eigenvalue weighted by atomic mass is 10.1. The molecule has 1 aliphatic rings. The maximum Gasteiger partial charge on any atom is 0.253 e. The van der Waals surface area contributed by atoms with E-state index in [9.17, 15) is 4.79 Å². The van der Waals surface area contributed by atoms with Gasteiger partial charge in [0.25, 0.3) is 5.91 Å². The number of ether oxygens (including phenoxy) is 1. The summed E-state index contributed by atoms with van der Waals surface area (Å²) < 4.78 is 5.61. The van der Waals surface area contributed by atoms with Crippen LogP contribution in [0.25, 0.3) is 0 Å². The quantitative estimate of drug-likeness (QED) is 0.380. The highest BCUT2D eigenvalue weighted by molar-refractivity contribution is 5.99. The molecular weight excluding hydrogens is 270 g/mol. The number of hydrogen-bond donors (Lipinski definition) is 2. The van der Waals surface area contributed by atoms with Crippen molar-refractivity contribution < 1.29 is 14.7 Å². The molecule has 1 heterocycles. The van der Waals surface area contributed by atoms with Gasteiger partial charge in [-0.2, -0.15) is 0 Å². The summed E-state index contributed by atoms with van der Waals surface area (Å²) in [5.74, 6) is 0.0221. The summed E-state index contributed by atoms with van der Waals surface area (Å²) in [6.07, 6.45) is 2.09. The topological polar surface area (TPSA) is 88.2 Å². The second-order valence-corrected chi connectivity index (χ2v) is 5.03. The maximum atomic E-state index is 12.5. The fourth-order valence-corrected chi connectivity index (χ4v) is 2.52. The first-order valence-electron chi connectivity index (χ1n) is 7.14. The molecule has 0 aliphatic carbocycles. The Morgan fingerprint density at radius 3 is 2.71 bits per heavy atom. The monoisotopic (exact) mass is 291 g/mol. The van der Waals surface area contributed by atoms with Crippen LogP contribution in [0.3, 0.4) is 0 Å². The van der Waals surface area contributed by atoms with Crippen LogP contribution < -0.4 is 5.73 Å². The highest BCUT2D eigenvalue weighted by atomic mass is 16.5. The molecule has 0 bridgehead atoms. The van der Waals surface area contributed by atoms with E-state index in [1.807, 2.05) is 11.8 Å². The molecule has 0 aromatic heterocycles. The Morgan fingerprint density at radius 1 is 1.43 bits per heavy atom. The molecule has 1 atom stereocenters. The fraction of sp³-hybridized carbons (Fsp3) is 0.467. The Labute approximate surface area is 124 Å². The van der Waals surface area contributed by atoms with Crippen LogP contribution in [0.2, 0.25) is 0 Å². The van der Waals surface area contributed by atoms with Crippen LogP contribution in [-0.2, 0) is 4.74 Å². The van der Waals surface area contributed by atoms with Gasteiger partial charge in [0.15, 0.2) is 5.84 Å². The van der Waals surface area contributed by atoms with Gasteiger partial charge in [0.1, 0.15) is 0 Å². The Hall–Kier alpha value is -2.08. The summed E-state index contributed by atoms with van der Waals surface area (Å²) in [5.41, 5.74) is 6.68. The minimum atomic E-state index is -0.00883. The lowest BCUT2D eigenvalue weighted by Gasteiger charge is -2.32. The molecule has 0 radical (unpaired) electrons. The van der Waals surface area contributed by atoms with Crippen molar-refractivity contribution in [3.63, 3.8) is 0 Å². The van der Waals surface area contributed by atoms with Gasteiger partial charge in [0.2, 0.25) is 0 Å². The van der Waals surface area contributed by atoms with Gasteiger partial charge in [-0.25, -0.2) is 0 Å². The number of nitrogens with zero attached hydrogens (tertiary/aromatic N) is 2. The van der Waals surface area contributed by atoms with Gasteiger partial charge in [-0.3, -0.25) is 4.79 Å². The average molecular weight is 291 g/mol. The number of hydrogen-bond acceptors (Lipinski definition) is 4. The SMILES string of the molecule is CCOC1CCCN(C(=O)c2ccc(C(N)=NO)cc2)C1. The van der Waals surface area contributed by atoms with Crippen LogP contribution in [0.4, 0.5) is 0 Å². The third kappa shape index (κ3) is 3.72. The number of nitrogens with two attached hydrogens (primary N) is 1. The Bertz CT molecular complexity index is 511. The molecule has 1 fully saturated rings. The number of benzene rings is 1. The highest BCUT2D eigenvalue weighted by Gasteiger charge is 2.24. The van der Waals surface area contributed by atoms with Crippen molar-refractivity contribution in [2.75, 3.05) is 19.7 Å². The second-order valence-electron chi connectivity index (χ2n) is 5.03.